The Morgan fingerprint density at radius 2 is 1.56 bits per heavy atom. The molecule has 0 aromatic carbocycles. The predicted octanol–water partition coefficient (Wildman–Crippen LogP) is 0.797. The van der Waals surface area contributed by atoms with Crippen LogP contribution in [0.4, 0.5) is 0 Å². The molecule has 0 fully saturated rings. The summed E-state index contributed by atoms with van der Waals surface area (Å²) in [5.74, 6) is 0. The maximum atomic E-state index is 4.95. The summed E-state index contributed by atoms with van der Waals surface area (Å²) < 4.78 is 4.95. The molecule has 9 heteroatoms. The van der Waals surface area contributed by atoms with Crippen LogP contribution >= 0.6 is 0 Å². The monoisotopic (exact) mass is 331 g/mol. The molecule has 0 atom stereocenters. The van der Waals surface area contributed by atoms with Crippen molar-refractivity contribution in [1.82, 2.24) is 5.32 Å². The molecule has 0 aliphatic carbocycles. The van der Waals surface area contributed by atoms with Crippen molar-refractivity contribution in [3.63, 3.8) is 0 Å². The Hall–Kier alpha value is -0.786. The van der Waals surface area contributed by atoms with E-state index in [2.05, 4.69) is 25.7 Å². The van der Waals surface area contributed by atoms with Crippen LogP contribution < -0.4 is 5.32 Å². The van der Waals surface area contributed by atoms with Gasteiger partial charge in [-0.1, -0.05) is 0 Å². The average Bonchev–Trinajstić information content (AvgIpc) is 2.32. The second-order valence-electron chi connectivity index (χ2n) is 2.82. The molecule has 0 bridgehead atoms. The van der Waals surface area contributed by atoms with Gasteiger partial charge in [0, 0.05) is 7.05 Å². The molecule has 18 heavy (non-hydrogen) atoms. The second kappa shape index (κ2) is 11.3. The van der Waals surface area contributed by atoms with Gasteiger partial charge in [-0.25, -0.2) is 0 Å². The number of hydrogen-bond acceptors (Lipinski definition) is 7. The zero-order valence-electron chi connectivity index (χ0n) is 10.5. The van der Waals surface area contributed by atoms with E-state index < -0.39 is 0 Å². The maximum absolute atomic E-state index is 4.95. The minimum absolute atomic E-state index is 0. The number of nitrogens with one attached hydrogen (secondary N) is 1. The first kappa shape index (κ1) is 19.6. The van der Waals surface area contributed by atoms with E-state index in [9.17, 15) is 0 Å². The topological polar surface area (TPSA) is 70.7 Å². The van der Waals surface area contributed by atoms with Gasteiger partial charge in [0.2, 0.25) is 0 Å². The van der Waals surface area contributed by atoms with Crippen LogP contribution in [-0.2, 0) is 46.5 Å². The van der Waals surface area contributed by atoms with Gasteiger partial charge in [0.15, 0.2) is 0 Å². The number of rotatable bonds is 4. The van der Waals surface area contributed by atoms with E-state index in [1.165, 1.54) is 0 Å². The molecule has 0 aromatic rings. The van der Waals surface area contributed by atoms with Gasteiger partial charge < -0.3 is 35.3 Å². The zero-order valence-corrected chi connectivity index (χ0v) is 13.2. The van der Waals surface area contributed by atoms with Crippen LogP contribution in [0.5, 0.6) is 0 Å². The predicted molar refractivity (Wildman–Crippen MR) is 76.5 cm³/mol. The van der Waals surface area contributed by atoms with Gasteiger partial charge in [0.05, 0.1) is 23.3 Å². The smallest absolute Gasteiger partial charge is 0.741 e. The summed E-state index contributed by atoms with van der Waals surface area (Å²) in [7, 11) is 1.67. The van der Waals surface area contributed by atoms with Crippen LogP contribution in [0.3, 0.4) is 0 Å². The molecule has 0 unspecified atom stereocenters. The van der Waals surface area contributed by atoms with Gasteiger partial charge in [-0.3, -0.25) is 0 Å². The molecular weight excluding hydrogens is 317 g/mol. The van der Waals surface area contributed by atoms with Crippen molar-refractivity contribution in [3.8, 4) is 0 Å². The standard InChI is InChI=1S/C9H17N5OS2.Ni/c1-5-15-9(17)14-12-7(3)6(2)11-13-8(16)10-4;/h5H2,1-4H3,(H,14,17)(H2,10,13,16);/q;+2/p-2/b11-6+,12-7+;. The van der Waals surface area contributed by atoms with Crippen molar-refractivity contribution >= 4 is 47.1 Å². The van der Waals surface area contributed by atoms with Crippen LogP contribution in [0.2, 0.25) is 0 Å². The van der Waals surface area contributed by atoms with Gasteiger partial charge in [-0.2, -0.15) is 15.3 Å². The van der Waals surface area contributed by atoms with Crippen molar-refractivity contribution < 1.29 is 21.2 Å². The van der Waals surface area contributed by atoms with E-state index >= 15 is 0 Å². The number of ether oxygens (including phenoxy) is 1. The van der Waals surface area contributed by atoms with Gasteiger partial charge in [-0.15, -0.1) is 5.10 Å². The van der Waals surface area contributed by atoms with Gasteiger partial charge >= 0.3 is 16.5 Å². The van der Waals surface area contributed by atoms with Crippen LogP contribution in [0.15, 0.2) is 20.4 Å². The number of hydrogen-bond donors (Lipinski definition) is 1. The molecule has 0 aliphatic rings. The minimum Gasteiger partial charge on any atom is -0.741 e. The normalized spacial score (nSPS) is 14.0. The van der Waals surface area contributed by atoms with Crippen LogP contribution in [0, 0.1) is 0 Å². The van der Waals surface area contributed by atoms with Gasteiger partial charge in [0.25, 0.3) is 0 Å². The zero-order chi connectivity index (χ0) is 13.3. The fourth-order valence-electron chi connectivity index (χ4n) is 0.583. The Kier molecular flexibility index (Phi) is 12.3. The number of amidine groups is 1. The molecule has 0 amide bonds. The van der Waals surface area contributed by atoms with E-state index in [0.717, 1.165) is 0 Å². The Morgan fingerprint density at radius 3 is 2.00 bits per heavy atom. The Labute approximate surface area is 128 Å². The summed E-state index contributed by atoms with van der Waals surface area (Å²) in [4.78, 5) is 0. The quantitative estimate of drug-likeness (QED) is 0.272. The first-order valence-corrected chi connectivity index (χ1v) is 5.72. The third-order valence-electron chi connectivity index (χ3n) is 1.58. The fraction of sp³-hybridized carbons (Fsp3) is 0.556. The fourth-order valence-corrected chi connectivity index (χ4v) is 0.783. The second-order valence-corrected chi connectivity index (χ2v) is 3.56. The summed E-state index contributed by atoms with van der Waals surface area (Å²) in [6.45, 7) is 5.78. The Balaban J connectivity index is 0. The first-order valence-electron chi connectivity index (χ1n) is 4.90. The third-order valence-corrected chi connectivity index (χ3v) is 2.06. The summed E-state index contributed by atoms with van der Waals surface area (Å²) >= 11 is 9.60. The third kappa shape index (κ3) is 9.26. The van der Waals surface area contributed by atoms with Gasteiger partial charge in [-0.05, 0) is 25.9 Å². The summed E-state index contributed by atoms with van der Waals surface area (Å²) in [6.07, 6.45) is 0. The summed E-state index contributed by atoms with van der Waals surface area (Å²) in [6, 6.07) is 0. The Morgan fingerprint density at radius 1 is 1.06 bits per heavy atom. The van der Waals surface area contributed by atoms with Crippen LogP contribution in [-0.4, -0.2) is 35.5 Å². The molecule has 0 rings (SSSR count). The minimum atomic E-state index is 0. The molecule has 0 heterocycles. The largest absolute Gasteiger partial charge is 2.00 e. The van der Waals surface area contributed by atoms with Crippen molar-refractivity contribution in [2.45, 2.75) is 20.8 Å². The molecule has 0 saturated carbocycles. The molecule has 0 aromatic heterocycles. The maximum Gasteiger partial charge on any atom is 2.00 e. The van der Waals surface area contributed by atoms with E-state index in [-0.39, 0.29) is 21.7 Å². The molecule has 0 spiro atoms. The van der Waals surface area contributed by atoms with Crippen LogP contribution in [0.25, 0.3) is 0 Å². The molecule has 104 valence electrons. The molecule has 6 nitrogen and oxygen atoms in total. The van der Waals surface area contributed by atoms with Gasteiger partial charge in [0.1, 0.15) is 0 Å². The van der Waals surface area contributed by atoms with Crippen LogP contribution in [0.1, 0.15) is 20.8 Å². The van der Waals surface area contributed by atoms with Crippen molar-refractivity contribution in [2.24, 2.45) is 20.4 Å². The summed E-state index contributed by atoms with van der Waals surface area (Å²) in [5.41, 5.74) is 1.19. The van der Waals surface area contributed by atoms with E-state index in [4.69, 9.17) is 30.0 Å². The van der Waals surface area contributed by atoms with E-state index in [0.29, 0.717) is 23.2 Å². The van der Waals surface area contributed by atoms with Crippen molar-refractivity contribution in [1.29, 1.82) is 0 Å². The molecule has 0 radical (unpaired) electrons. The molecule has 0 saturated heterocycles. The SMILES string of the molecule is CCO/C([S-])=N/N=C(C)/C(C)=N/N=C(\[S-])NC.[Ni+2]. The first-order chi connectivity index (χ1) is 8.01. The number of nitrogens with zero attached hydrogens (tertiary/aromatic N) is 4. The van der Waals surface area contributed by atoms with E-state index in [1.54, 1.807) is 20.9 Å². The average molecular weight is 332 g/mol. The molecular formula is C9H15N5NiOS2. The molecule has 1 N–H and O–H groups in total. The van der Waals surface area contributed by atoms with Crippen molar-refractivity contribution in [2.75, 3.05) is 13.7 Å². The van der Waals surface area contributed by atoms with E-state index in [1.807, 2.05) is 6.92 Å². The Bertz CT molecular complexity index is 368. The molecule has 0 aliphatic heterocycles. The summed E-state index contributed by atoms with van der Waals surface area (Å²) in [5, 5.41) is 18.3. The van der Waals surface area contributed by atoms with Crippen molar-refractivity contribution in [3.05, 3.63) is 0 Å².